The monoisotopic (exact) mass is 556 g/mol. The zero-order valence-corrected chi connectivity index (χ0v) is 22.1. The normalized spacial score (nSPS) is 14.3. The first-order chi connectivity index (χ1) is 18.3. The molecule has 2 amide bonds. The van der Waals surface area contributed by atoms with Gasteiger partial charge < -0.3 is 15.4 Å². The van der Waals surface area contributed by atoms with Gasteiger partial charge in [-0.25, -0.2) is 9.37 Å². The van der Waals surface area contributed by atoms with Crippen molar-refractivity contribution in [2.45, 2.75) is 12.8 Å². The molecule has 0 atom stereocenters. The van der Waals surface area contributed by atoms with Crippen LogP contribution in [0.4, 0.5) is 15.9 Å². The van der Waals surface area contributed by atoms with Crippen LogP contribution in [0, 0.1) is 5.82 Å². The number of amidine groups is 1. The lowest BCUT2D eigenvalue weighted by Gasteiger charge is -2.31. The van der Waals surface area contributed by atoms with Crippen LogP contribution in [0.3, 0.4) is 0 Å². The zero-order chi connectivity index (χ0) is 26.8. The summed E-state index contributed by atoms with van der Waals surface area (Å²) in [5.74, 6) is -0.611. The average Bonchev–Trinajstić information content (AvgIpc) is 2.83. The molecule has 2 aliphatic heterocycles. The van der Waals surface area contributed by atoms with Gasteiger partial charge >= 0.3 is 0 Å². The minimum Gasteiger partial charge on any atom is -0.494 e. The Bertz CT molecular complexity index is 1440. The van der Waals surface area contributed by atoms with E-state index in [2.05, 4.69) is 25.1 Å². The number of amides is 2. The number of carbonyl (C=O) groups is 2. The largest absolute Gasteiger partial charge is 0.494 e. The van der Waals surface area contributed by atoms with Crippen LogP contribution < -0.4 is 15.4 Å². The first-order valence-corrected chi connectivity index (χ1v) is 12.9. The number of rotatable bonds is 6. The van der Waals surface area contributed by atoms with Crippen LogP contribution in [-0.2, 0) is 0 Å². The smallest absolute Gasteiger partial charge is 0.279 e. The van der Waals surface area contributed by atoms with E-state index >= 15 is 4.39 Å². The molecule has 2 saturated heterocycles. The number of hydrogen-bond acceptors (Lipinski definition) is 4. The first-order valence-electron chi connectivity index (χ1n) is 12.1. The summed E-state index contributed by atoms with van der Waals surface area (Å²) in [5.41, 5.74) is 0.633. The summed E-state index contributed by atoms with van der Waals surface area (Å²) in [5, 5.41) is 5.89. The predicted molar refractivity (Wildman–Crippen MR) is 144 cm³/mol. The molecule has 5 rings (SSSR count). The fourth-order valence-corrected chi connectivity index (χ4v) is 4.64. The van der Waals surface area contributed by atoms with Crippen molar-refractivity contribution in [3.63, 3.8) is 0 Å². The SMILES string of the molecule is COc1cc(Cl)cc(C(=O)Nc2ccc(Cl)cn2)c1NC(=O)c1ccc(C(N2CCC2)=[N+]2CCC2)cc1F. The highest BCUT2D eigenvalue weighted by Gasteiger charge is 2.33. The molecule has 2 aliphatic rings. The molecule has 0 bridgehead atoms. The van der Waals surface area contributed by atoms with Crippen LogP contribution in [-0.4, -0.2) is 65.4 Å². The molecular weight excluding hydrogens is 532 g/mol. The Kier molecular flexibility index (Phi) is 7.49. The molecule has 2 N–H and O–H groups in total. The summed E-state index contributed by atoms with van der Waals surface area (Å²) in [6.45, 7) is 3.73. The van der Waals surface area contributed by atoms with E-state index in [0.29, 0.717) is 5.02 Å². The fourth-order valence-electron chi connectivity index (χ4n) is 4.32. The fraction of sp³-hybridized carbons (Fsp3) is 0.259. The Hall–Kier alpha value is -3.69. The van der Waals surface area contributed by atoms with Gasteiger partial charge in [0.2, 0.25) is 0 Å². The number of likely N-dealkylation sites (tertiary alicyclic amines) is 1. The van der Waals surface area contributed by atoms with Gasteiger partial charge in [0.1, 0.15) is 17.4 Å². The molecule has 0 saturated carbocycles. The van der Waals surface area contributed by atoms with Crippen LogP contribution in [0.25, 0.3) is 0 Å². The van der Waals surface area contributed by atoms with Crippen LogP contribution in [0.2, 0.25) is 10.0 Å². The summed E-state index contributed by atoms with van der Waals surface area (Å²) in [7, 11) is 1.38. The number of benzene rings is 2. The standard InChI is InChI=1S/C27H24Cl2FN5O3/c1-38-22-14-18(29)13-20(26(37)32-23-7-5-17(28)15-31-23)24(22)33-25(36)19-6-4-16(12-21(19)30)27(34-8-2-9-34)35-10-3-11-35/h4-7,12-15H,2-3,8-11H2,1H3,(H-,31,32,33,36,37)/p+1. The number of ether oxygens (including phenoxy) is 1. The van der Waals surface area contributed by atoms with Crippen LogP contribution in [0.1, 0.15) is 39.1 Å². The number of aromatic nitrogens is 1. The third kappa shape index (κ3) is 5.30. The second-order valence-electron chi connectivity index (χ2n) is 9.00. The topological polar surface area (TPSA) is 86.6 Å². The van der Waals surface area contributed by atoms with Gasteiger partial charge in [-0.3, -0.25) is 19.1 Å². The number of anilines is 2. The van der Waals surface area contributed by atoms with E-state index in [0.717, 1.165) is 50.4 Å². The number of methoxy groups -OCH3 is 1. The quantitative estimate of drug-likeness (QED) is 0.333. The van der Waals surface area contributed by atoms with Gasteiger partial charge in [-0.2, -0.15) is 0 Å². The van der Waals surface area contributed by atoms with Crippen molar-refractivity contribution < 1.29 is 23.3 Å². The van der Waals surface area contributed by atoms with Crippen molar-refractivity contribution in [1.29, 1.82) is 0 Å². The van der Waals surface area contributed by atoms with Gasteiger partial charge in [0.25, 0.3) is 17.6 Å². The van der Waals surface area contributed by atoms with E-state index in [4.69, 9.17) is 27.9 Å². The van der Waals surface area contributed by atoms with Crippen molar-refractivity contribution in [2.24, 2.45) is 0 Å². The molecule has 0 unspecified atom stereocenters. The molecular formula is C27H25Cl2FN5O3+. The minimum absolute atomic E-state index is 0.0164. The molecule has 196 valence electrons. The van der Waals surface area contributed by atoms with Crippen LogP contribution in [0.15, 0.2) is 48.7 Å². The number of halogens is 3. The number of hydrogen-bond donors (Lipinski definition) is 2. The molecule has 38 heavy (non-hydrogen) atoms. The molecule has 0 spiro atoms. The number of nitrogens with one attached hydrogen (secondary N) is 2. The summed E-state index contributed by atoms with van der Waals surface area (Å²) >= 11 is 12.1. The van der Waals surface area contributed by atoms with Gasteiger partial charge in [-0.05, 0) is 36.4 Å². The van der Waals surface area contributed by atoms with Gasteiger partial charge in [0.15, 0.2) is 0 Å². The maximum absolute atomic E-state index is 15.3. The maximum atomic E-state index is 15.3. The van der Waals surface area contributed by atoms with E-state index < -0.39 is 17.6 Å². The zero-order valence-electron chi connectivity index (χ0n) is 20.6. The third-order valence-electron chi connectivity index (χ3n) is 6.52. The highest BCUT2D eigenvalue weighted by atomic mass is 35.5. The minimum atomic E-state index is -0.734. The van der Waals surface area contributed by atoms with Crippen molar-refractivity contribution in [2.75, 3.05) is 43.9 Å². The second kappa shape index (κ2) is 11.0. The summed E-state index contributed by atoms with van der Waals surface area (Å²) in [6, 6.07) is 10.5. The summed E-state index contributed by atoms with van der Waals surface area (Å²) in [6.07, 6.45) is 3.60. The molecule has 0 aliphatic carbocycles. The number of pyridine rings is 1. The Morgan fingerprint density at radius 3 is 2.32 bits per heavy atom. The average molecular weight is 557 g/mol. The van der Waals surface area contributed by atoms with Crippen molar-refractivity contribution in [3.05, 3.63) is 81.2 Å². The Morgan fingerprint density at radius 1 is 0.974 bits per heavy atom. The highest BCUT2D eigenvalue weighted by Crippen LogP contribution is 2.34. The van der Waals surface area contributed by atoms with Crippen molar-refractivity contribution >= 4 is 52.4 Å². The summed E-state index contributed by atoms with van der Waals surface area (Å²) < 4.78 is 22.9. The Balaban J connectivity index is 1.43. The van der Waals surface area contributed by atoms with E-state index in [1.165, 1.54) is 43.6 Å². The van der Waals surface area contributed by atoms with E-state index in [-0.39, 0.29) is 33.4 Å². The molecule has 2 aromatic carbocycles. The Morgan fingerprint density at radius 2 is 1.74 bits per heavy atom. The molecule has 2 fully saturated rings. The third-order valence-corrected chi connectivity index (χ3v) is 6.96. The van der Waals surface area contributed by atoms with Crippen LogP contribution in [0.5, 0.6) is 5.75 Å². The first kappa shape index (κ1) is 25.9. The van der Waals surface area contributed by atoms with Gasteiger partial charge in [-0.15, -0.1) is 0 Å². The molecule has 3 heterocycles. The summed E-state index contributed by atoms with van der Waals surface area (Å²) in [4.78, 5) is 32.6. The number of nitrogens with zero attached hydrogens (tertiary/aromatic N) is 3. The Labute approximate surface area is 229 Å². The van der Waals surface area contributed by atoms with E-state index in [9.17, 15) is 9.59 Å². The molecule has 0 radical (unpaired) electrons. The van der Waals surface area contributed by atoms with E-state index in [1.54, 1.807) is 12.1 Å². The lowest BCUT2D eigenvalue weighted by molar-refractivity contribution is -0.587. The lowest BCUT2D eigenvalue weighted by Crippen LogP contribution is -2.49. The maximum Gasteiger partial charge on any atom is 0.279 e. The second-order valence-corrected chi connectivity index (χ2v) is 9.87. The van der Waals surface area contributed by atoms with Crippen molar-refractivity contribution in [3.8, 4) is 5.75 Å². The molecule has 3 aromatic rings. The predicted octanol–water partition coefficient (Wildman–Crippen LogP) is 4.91. The van der Waals surface area contributed by atoms with Crippen LogP contribution >= 0.6 is 23.2 Å². The van der Waals surface area contributed by atoms with Gasteiger partial charge in [0, 0.05) is 30.1 Å². The highest BCUT2D eigenvalue weighted by molar-refractivity contribution is 6.32. The van der Waals surface area contributed by atoms with Gasteiger partial charge in [-0.1, -0.05) is 23.2 Å². The molecule has 1 aromatic heterocycles. The lowest BCUT2D eigenvalue weighted by atomic mass is 10.0. The van der Waals surface area contributed by atoms with E-state index in [1.807, 2.05) is 0 Å². The molecule has 8 nitrogen and oxygen atoms in total. The molecule has 11 heteroatoms. The number of carbonyl (C=O) groups excluding carboxylic acids is 2. The van der Waals surface area contributed by atoms with Gasteiger partial charge in [0.05, 0.1) is 60.7 Å². The van der Waals surface area contributed by atoms with Crippen molar-refractivity contribution in [1.82, 2.24) is 9.88 Å².